The molecule has 1 aromatic carbocycles. The van der Waals surface area contributed by atoms with Crippen LogP contribution in [0.1, 0.15) is 12.5 Å². The maximum atomic E-state index is 14.1. The molecule has 0 radical (unpaired) electrons. The van der Waals surface area contributed by atoms with Gasteiger partial charge in [0, 0.05) is 11.6 Å². The number of aliphatic hydroxyl groups excluding tert-OH is 1. The summed E-state index contributed by atoms with van der Waals surface area (Å²) in [4.78, 5) is 18.3. The topological polar surface area (TPSA) is 90.3 Å². The molecule has 0 saturated carbocycles. The summed E-state index contributed by atoms with van der Waals surface area (Å²) in [7, 11) is 0. The van der Waals surface area contributed by atoms with Crippen molar-refractivity contribution in [1.82, 2.24) is 19.9 Å². The third kappa shape index (κ3) is 3.46. The summed E-state index contributed by atoms with van der Waals surface area (Å²) in [6.45, 7) is 4.12. The number of ether oxygens (including phenoxy) is 2. The molecule has 144 valence electrons. The molecule has 0 amide bonds. The lowest BCUT2D eigenvalue weighted by Gasteiger charge is -2.07. The van der Waals surface area contributed by atoms with Crippen molar-refractivity contribution < 1.29 is 19.0 Å². The Morgan fingerprint density at radius 1 is 1.11 bits per heavy atom. The summed E-state index contributed by atoms with van der Waals surface area (Å²) in [5, 5.41) is 9.52. The molecule has 3 aromatic heterocycles. The van der Waals surface area contributed by atoms with Gasteiger partial charge < -0.3 is 14.6 Å². The number of hydrogen-bond donors (Lipinski definition) is 1. The van der Waals surface area contributed by atoms with Crippen molar-refractivity contribution in [3.8, 4) is 22.3 Å². The Bertz CT molecular complexity index is 1170. The van der Waals surface area contributed by atoms with Crippen LogP contribution >= 0.6 is 11.3 Å². The minimum atomic E-state index is -0.618. The second-order valence-electron chi connectivity index (χ2n) is 6.01. The van der Waals surface area contributed by atoms with Gasteiger partial charge in [0.15, 0.2) is 5.82 Å². The number of benzene rings is 1. The largest absolute Gasteiger partial charge is 0.477 e. The van der Waals surface area contributed by atoms with Gasteiger partial charge in [-0.1, -0.05) is 11.3 Å². The van der Waals surface area contributed by atoms with Crippen LogP contribution in [0.4, 0.5) is 4.39 Å². The molecule has 4 rings (SSSR count). The zero-order valence-electron chi connectivity index (χ0n) is 15.3. The zero-order valence-corrected chi connectivity index (χ0v) is 16.1. The van der Waals surface area contributed by atoms with E-state index >= 15 is 0 Å². The van der Waals surface area contributed by atoms with Crippen molar-refractivity contribution in [3.63, 3.8) is 0 Å². The van der Waals surface area contributed by atoms with Gasteiger partial charge in [0.2, 0.25) is 5.88 Å². The summed E-state index contributed by atoms with van der Waals surface area (Å²) in [5.41, 5.74) is 3.61. The lowest BCUT2D eigenvalue weighted by molar-refractivity contribution is 0.191. The van der Waals surface area contributed by atoms with E-state index < -0.39 is 5.82 Å². The Balaban J connectivity index is 1.83. The molecule has 0 aliphatic rings. The monoisotopic (exact) mass is 400 g/mol. The minimum absolute atomic E-state index is 0.0264. The van der Waals surface area contributed by atoms with E-state index in [0.717, 1.165) is 11.1 Å². The van der Waals surface area contributed by atoms with Gasteiger partial charge in [-0.25, -0.2) is 19.3 Å². The lowest BCUT2D eigenvalue weighted by atomic mass is 10.1. The highest BCUT2D eigenvalue weighted by molar-refractivity contribution is 7.21. The van der Waals surface area contributed by atoms with E-state index in [1.165, 1.54) is 17.4 Å². The number of hydrogen-bond acceptors (Lipinski definition) is 8. The summed E-state index contributed by atoms with van der Waals surface area (Å²) in [6.07, 6.45) is 1.58. The van der Waals surface area contributed by atoms with Crippen LogP contribution in [-0.4, -0.2) is 44.9 Å². The number of halogens is 1. The predicted molar refractivity (Wildman–Crippen MR) is 104 cm³/mol. The molecule has 0 unspecified atom stereocenters. The SMILES string of the molecule is CCOc1cnc2c(-c3nc4cc(F)c(OCCO)nc4s3)cc(C)cc2n1. The summed E-state index contributed by atoms with van der Waals surface area (Å²) in [5.74, 6) is -0.301. The summed E-state index contributed by atoms with van der Waals surface area (Å²) >= 11 is 1.31. The molecule has 0 fully saturated rings. The van der Waals surface area contributed by atoms with Gasteiger partial charge in [-0.15, -0.1) is 0 Å². The zero-order chi connectivity index (χ0) is 19.7. The van der Waals surface area contributed by atoms with E-state index in [2.05, 4.69) is 19.9 Å². The smallest absolute Gasteiger partial charge is 0.252 e. The fourth-order valence-electron chi connectivity index (χ4n) is 2.81. The van der Waals surface area contributed by atoms with E-state index in [1.54, 1.807) is 6.20 Å². The molecule has 0 saturated heterocycles. The van der Waals surface area contributed by atoms with Crippen LogP contribution in [0.25, 0.3) is 32.0 Å². The number of aryl methyl sites for hydroxylation is 1. The molecule has 1 N–H and O–H groups in total. The third-order valence-corrected chi connectivity index (χ3v) is 4.93. The van der Waals surface area contributed by atoms with Gasteiger partial charge in [-0.05, 0) is 31.5 Å². The van der Waals surface area contributed by atoms with Crippen LogP contribution in [0, 0.1) is 12.7 Å². The Morgan fingerprint density at radius 3 is 2.75 bits per heavy atom. The molecule has 0 aliphatic carbocycles. The third-order valence-electron chi connectivity index (χ3n) is 3.93. The van der Waals surface area contributed by atoms with Crippen molar-refractivity contribution in [1.29, 1.82) is 0 Å². The van der Waals surface area contributed by atoms with Crippen LogP contribution in [0.5, 0.6) is 11.8 Å². The highest BCUT2D eigenvalue weighted by Crippen LogP contribution is 2.35. The molecule has 3 heterocycles. The van der Waals surface area contributed by atoms with Gasteiger partial charge in [0.25, 0.3) is 5.88 Å². The van der Waals surface area contributed by atoms with E-state index in [4.69, 9.17) is 14.6 Å². The molecule has 0 atom stereocenters. The van der Waals surface area contributed by atoms with Gasteiger partial charge in [-0.3, -0.25) is 0 Å². The number of nitrogens with zero attached hydrogens (tertiary/aromatic N) is 4. The second kappa shape index (κ2) is 7.61. The Kier molecular flexibility index (Phi) is 5.01. The number of thiazole rings is 1. The molecule has 9 heteroatoms. The Labute approximate surface area is 163 Å². The normalized spacial score (nSPS) is 11.3. The first-order valence-electron chi connectivity index (χ1n) is 8.70. The van der Waals surface area contributed by atoms with Crippen molar-refractivity contribution in [2.75, 3.05) is 19.8 Å². The minimum Gasteiger partial charge on any atom is -0.477 e. The first-order valence-corrected chi connectivity index (χ1v) is 9.52. The number of aliphatic hydroxyl groups is 1. The van der Waals surface area contributed by atoms with E-state index in [9.17, 15) is 4.39 Å². The molecule has 0 aliphatic heterocycles. The van der Waals surface area contributed by atoms with Crippen LogP contribution in [-0.2, 0) is 0 Å². The highest BCUT2D eigenvalue weighted by Gasteiger charge is 2.16. The first kappa shape index (κ1) is 18.5. The van der Waals surface area contributed by atoms with E-state index in [0.29, 0.717) is 38.9 Å². The van der Waals surface area contributed by atoms with Crippen LogP contribution < -0.4 is 9.47 Å². The highest BCUT2D eigenvalue weighted by atomic mass is 32.1. The molecule has 0 spiro atoms. The average molecular weight is 400 g/mol. The maximum Gasteiger partial charge on any atom is 0.252 e. The molecule has 4 aromatic rings. The Morgan fingerprint density at radius 2 is 1.96 bits per heavy atom. The van der Waals surface area contributed by atoms with Gasteiger partial charge in [0.1, 0.15) is 22.0 Å². The summed E-state index contributed by atoms with van der Waals surface area (Å²) < 4.78 is 24.7. The van der Waals surface area contributed by atoms with E-state index in [-0.39, 0.29) is 19.1 Å². The fraction of sp³-hybridized carbons (Fsp3) is 0.263. The van der Waals surface area contributed by atoms with Gasteiger partial charge in [0.05, 0.1) is 30.4 Å². The first-order chi connectivity index (χ1) is 13.6. The molecule has 0 bridgehead atoms. The molecule has 7 nitrogen and oxygen atoms in total. The number of aromatic nitrogens is 4. The summed E-state index contributed by atoms with van der Waals surface area (Å²) in [6, 6.07) is 5.18. The van der Waals surface area contributed by atoms with Crippen LogP contribution in [0.3, 0.4) is 0 Å². The molecule has 28 heavy (non-hydrogen) atoms. The van der Waals surface area contributed by atoms with Crippen LogP contribution in [0.15, 0.2) is 24.4 Å². The predicted octanol–water partition coefficient (Wildman–Crippen LogP) is 3.52. The van der Waals surface area contributed by atoms with Crippen molar-refractivity contribution in [2.24, 2.45) is 0 Å². The molecular weight excluding hydrogens is 383 g/mol. The van der Waals surface area contributed by atoms with E-state index in [1.807, 2.05) is 26.0 Å². The number of fused-ring (bicyclic) bond motifs is 2. The lowest BCUT2D eigenvalue weighted by Crippen LogP contribution is -2.04. The number of pyridine rings is 1. The quantitative estimate of drug-likeness (QED) is 0.530. The van der Waals surface area contributed by atoms with Crippen molar-refractivity contribution in [2.45, 2.75) is 13.8 Å². The standard InChI is InChI=1S/C19H17FN4O3S/c1-3-26-15-9-21-16-11(6-10(2)7-13(16)22-15)18-23-14-8-12(20)17(27-5-4-25)24-19(14)28-18/h6-9,25H,3-5H2,1-2H3. The Hall–Kier alpha value is -2.91. The second-order valence-corrected chi connectivity index (χ2v) is 6.99. The molecular formula is C19H17FN4O3S. The maximum absolute atomic E-state index is 14.1. The van der Waals surface area contributed by atoms with Crippen LogP contribution in [0.2, 0.25) is 0 Å². The van der Waals surface area contributed by atoms with Crippen molar-refractivity contribution in [3.05, 3.63) is 35.8 Å². The van der Waals surface area contributed by atoms with Gasteiger partial charge >= 0.3 is 0 Å². The van der Waals surface area contributed by atoms with Crippen molar-refractivity contribution >= 4 is 32.7 Å². The van der Waals surface area contributed by atoms with Gasteiger partial charge in [-0.2, -0.15) is 4.98 Å². The number of rotatable bonds is 6. The fourth-order valence-corrected chi connectivity index (χ4v) is 3.74. The average Bonchev–Trinajstić information content (AvgIpc) is 3.08.